The third-order valence-corrected chi connectivity index (χ3v) is 3.73. The van der Waals surface area contributed by atoms with Crippen molar-refractivity contribution in [2.45, 2.75) is 19.9 Å². The first-order valence-corrected chi connectivity index (χ1v) is 7.48. The van der Waals surface area contributed by atoms with Crippen molar-refractivity contribution >= 4 is 27.7 Å². The van der Waals surface area contributed by atoms with E-state index in [1.807, 2.05) is 43.1 Å². The minimum absolute atomic E-state index is 0.277. The molecule has 0 atom stereocenters. The molecule has 21 heavy (non-hydrogen) atoms. The van der Waals surface area contributed by atoms with E-state index in [4.69, 9.17) is 0 Å². The molecule has 0 saturated carbocycles. The van der Waals surface area contributed by atoms with Crippen molar-refractivity contribution in [2.75, 3.05) is 11.9 Å². The standard InChI is InChI=1S/C16H17BrN2O2/c1-3-14-8-12(16(20)21)9-15(18-14)19(2)10-11-4-6-13(17)7-5-11/h4-9H,3,10H2,1-2H3,(H,20,21). The van der Waals surface area contributed by atoms with Crippen LogP contribution in [-0.2, 0) is 13.0 Å². The highest BCUT2D eigenvalue weighted by Gasteiger charge is 2.11. The number of benzene rings is 1. The van der Waals surface area contributed by atoms with Gasteiger partial charge >= 0.3 is 5.97 Å². The van der Waals surface area contributed by atoms with Crippen LogP contribution in [0.1, 0.15) is 28.5 Å². The molecule has 0 unspecified atom stereocenters. The minimum atomic E-state index is -0.926. The second-order valence-corrected chi connectivity index (χ2v) is 5.76. The molecule has 1 heterocycles. The third-order valence-electron chi connectivity index (χ3n) is 3.20. The van der Waals surface area contributed by atoms with E-state index in [0.29, 0.717) is 18.8 Å². The van der Waals surface area contributed by atoms with Gasteiger partial charge in [-0.15, -0.1) is 0 Å². The zero-order valence-corrected chi connectivity index (χ0v) is 13.6. The van der Waals surface area contributed by atoms with Gasteiger partial charge in [-0.05, 0) is 36.2 Å². The maximum atomic E-state index is 11.2. The fraction of sp³-hybridized carbons (Fsp3) is 0.250. The molecule has 5 heteroatoms. The van der Waals surface area contributed by atoms with Gasteiger partial charge in [0.25, 0.3) is 0 Å². The summed E-state index contributed by atoms with van der Waals surface area (Å²) in [5, 5.41) is 9.18. The maximum Gasteiger partial charge on any atom is 0.335 e. The molecule has 4 nitrogen and oxygen atoms in total. The van der Waals surface area contributed by atoms with E-state index in [0.717, 1.165) is 15.7 Å². The summed E-state index contributed by atoms with van der Waals surface area (Å²) in [4.78, 5) is 17.6. The molecular weight excluding hydrogens is 332 g/mol. The normalized spacial score (nSPS) is 10.4. The Balaban J connectivity index is 2.25. The lowest BCUT2D eigenvalue weighted by Crippen LogP contribution is -2.19. The highest BCUT2D eigenvalue weighted by atomic mass is 79.9. The second-order valence-electron chi connectivity index (χ2n) is 4.85. The Bertz CT molecular complexity index is 641. The Kier molecular flexibility index (Phi) is 4.96. The van der Waals surface area contributed by atoms with Gasteiger partial charge in [-0.3, -0.25) is 0 Å². The largest absolute Gasteiger partial charge is 0.478 e. The summed E-state index contributed by atoms with van der Waals surface area (Å²) in [6, 6.07) is 11.3. The molecular formula is C16H17BrN2O2. The highest BCUT2D eigenvalue weighted by molar-refractivity contribution is 9.10. The van der Waals surface area contributed by atoms with Crippen LogP contribution in [0.15, 0.2) is 40.9 Å². The number of anilines is 1. The number of carbonyl (C=O) groups is 1. The van der Waals surface area contributed by atoms with E-state index >= 15 is 0 Å². The van der Waals surface area contributed by atoms with E-state index < -0.39 is 5.97 Å². The SMILES string of the molecule is CCc1cc(C(=O)O)cc(N(C)Cc2ccc(Br)cc2)n1. The number of aromatic nitrogens is 1. The molecule has 1 aromatic heterocycles. The number of hydrogen-bond acceptors (Lipinski definition) is 3. The van der Waals surface area contributed by atoms with Crippen LogP contribution in [0.5, 0.6) is 0 Å². The molecule has 0 radical (unpaired) electrons. The van der Waals surface area contributed by atoms with Gasteiger partial charge in [-0.25, -0.2) is 9.78 Å². The first-order valence-electron chi connectivity index (χ1n) is 6.69. The summed E-state index contributed by atoms with van der Waals surface area (Å²) < 4.78 is 1.04. The molecule has 0 aliphatic rings. The number of nitrogens with zero attached hydrogens (tertiary/aromatic N) is 2. The molecule has 0 aliphatic carbocycles. The summed E-state index contributed by atoms with van der Waals surface area (Å²) in [6.45, 7) is 2.64. The number of hydrogen-bond donors (Lipinski definition) is 1. The van der Waals surface area contributed by atoms with Gasteiger partial charge < -0.3 is 10.0 Å². The monoisotopic (exact) mass is 348 g/mol. The molecule has 0 aliphatic heterocycles. The van der Waals surface area contributed by atoms with E-state index in [1.165, 1.54) is 0 Å². The molecule has 0 bridgehead atoms. The molecule has 0 spiro atoms. The number of carboxylic acid groups (broad SMARTS) is 1. The van der Waals surface area contributed by atoms with Crippen LogP contribution in [0.4, 0.5) is 5.82 Å². The first kappa shape index (κ1) is 15.5. The predicted octanol–water partition coefficient (Wildman–Crippen LogP) is 3.74. The number of rotatable bonds is 5. The van der Waals surface area contributed by atoms with Crippen molar-refractivity contribution in [2.24, 2.45) is 0 Å². The molecule has 1 N–H and O–H groups in total. The smallest absolute Gasteiger partial charge is 0.335 e. The minimum Gasteiger partial charge on any atom is -0.478 e. The lowest BCUT2D eigenvalue weighted by molar-refractivity contribution is 0.0696. The number of pyridine rings is 1. The predicted molar refractivity (Wildman–Crippen MR) is 86.8 cm³/mol. The molecule has 2 aromatic rings. The van der Waals surface area contributed by atoms with Crippen LogP contribution in [0.2, 0.25) is 0 Å². The van der Waals surface area contributed by atoms with Crippen LogP contribution >= 0.6 is 15.9 Å². The molecule has 1 aromatic carbocycles. The summed E-state index contributed by atoms with van der Waals surface area (Å²) in [5.41, 5.74) is 2.20. The molecule has 0 fully saturated rings. The van der Waals surface area contributed by atoms with Crippen LogP contribution in [-0.4, -0.2) is 23.1 Å². The Hall–Kier alpha value is -1.88. The number of aromatic carboxylic acids is 1. The Morgan fingerprint density at radius 3 is 2.52 bits per heavy atom. The van der Waals surface area contributed by atoms with Gasteiger partial charge in [0.15, 0.2) is 0 Å². The van der Waals surface area contributed by atoms with Crippen molar-refractivity contribution in [3.8, 4) is 0 Å². The van der Waals surface area contributed by atoms with Gasteiger partial charge in [-0.2, -0.15) is 0 Å². The van der Waals surface area contributed by atoms with Crippen molar-refractivity contribution < 1.29 is 9.90 Å². The Labute approximate surface area is 132 Å². The van der Waals surface area contributed by atoms with Crippen LogP contribution in [0.3, 0.4) is 0 Å². The Morgan fingerprint density at radius 1 is 1.29 bits per heavy atom. The van der Waals surface area contributed by atoms with Crippen molar-refractivity contribution in [1.29, 1.82) is 0 Å². The summed E-state index contributed by atoms with van der Waals surface area (Å²) in [6.07, 6.45) is 0.709. The fourth-order valence-corrected chi connectivity index (χ4v) is 2.28. The van der Waals surface area contributed by atoms with E-state index in [1.54, 1.807) is 12.1 Å². The van der Waals surface area contributed by atoms with Crippen LogP contribution in [0.25, 0.3) is 0 Å². The van der Waals surface area contributed by atoms with E-state index in [-0.39, 0.29) is 5.56 Å². The molecule has 2 rings (SSSR count). The summed E-state index contributed by atoms with van der Waals surface area (Å²) in [7, 11) is 1.91. The van der Waals surface area contributed by atoms with Crippen molar-refractivity contribution in [1.82, 2.24) is 4.98 Å². The lowest BCUT2D eigenvalue weighted by Gasteiger charge is -2.19. The lowest BCUT2D eigenvalue weighted by atomic mass is 10.1. The zero-order valence-electron chi connectivity index (χ0n) is 12.0. The number of carboxylic acids is 1. The number of halogens is 1. The summed E-state index contributed by atoms with van der Waals surface area (Å²) >= 11 is 3.41. The Morgan fingerprint density at radius 2 is 1.95 bits per heavy atom. The second kappa shape index (κ2) is 6.72. The van der Waals surface area contributed by atoms with Gasteiger partial charge in [0.2, 0.25) is 0 Å². The fourth-order valence-electron chi connectivity index (χ4n) is 2.02. The third kappa shape index (κ3) is 4.04. The number of aryl methyl sites for hydroxylation is 1. The van der Waals surface area contributed by atoms with E-state index in [9.17, 15) is 9.90 Å². The zero-order chi connectivity index (χ0) is 15.4. The summed E-state index contributed by atoms with van der Waals surface area (Å²) in [5.74, 6) is -0.250. The average molecular weight is 349 g/mol. The van der Waals surface area contributed by atoms with Gasteiger partial charge in [0.1, 0.15) is 5.82 Å². The first-order chi connectivity index (χ1) is 9.99. The van der Waals surface area contributed by atoms with Crippen LogP contribution in [0, 0.1) is 0 Å². The van der Waals surface area contributed by atoms with Crippen molar-refractivity contribution in [3.63, 3.8) is 0 Å². The molecule has 0 amide bonds. The van der Waals surface area contributed by atoms with Crippen molar-refractivity contribution in [3.05, 3.63) is 57.7 Å². The quantitative estimate of drug-likeness (QED) is 0.894. The van der Waals surface area contributed by atoms with Gasteiger partial charge in [-0.1, -0.05) is 35.0 Å². The van der Waals surface area contributed by atoms with Gasteiger partial charge in [0.05, 0.1) is 5.56 Å². The molecule has 110 valence electrons. The topological polar surface area (TPSA) is 53.4 Å². The van der Waals surface area contributed by atoms with E-state index in [2.05, 4.69) is 20.9 Å². The average Bonchev–Trinajstić information content (AvgIpc) is 2.49. The molecule has 0 saturated heterocycles. The highest BCUT2D eigenvalue weighted by Crippen LogP contribution is 2.18. The maximum absolute atomic E-state index is 11.2. The van der Waals surface area contributed by atoms with Gasteiger partial charge in [0, 0.05) is 23.8 Å². The van der Waals surface area contributed by atoms with Crippen LogP contribution < -0.4 is 4.90 Å².